The molecule has 0 bridgehead atoms. The first-order valence-electron chi connectivity index (χ1n) is 7.42. The van der Waals surface area contributed by atoms with E-state index in [-0.39, 0.29) is 11.6 Å². The van der Waals surface area contributed by atoms with E-state index < -0.39 is 17.0 Å². The average Bonchev–Trinajstić information content (AvgIpc) is 2.84. The molecule has 1 fully saturated rings. The Balaban J connectivity index is 1.83. The van der Waals surface area contributed by atoms with Crippen molar-refractivity contribution in [3.8, 4) is 5.75 Å². The molecule has 1 aliphatic rings. The Kier molecular flexibility index (Phi) is 5.70. The number of rotatable bonds is 4. The molecule has 134 valence electrons. The zero-order valence-electron chi connectivity index (χ0n) is 13.5. The van der Waals surface area contributed by atoms with Crippen molar-refractivity contribution >= 4 is 56.5 Å². The quantitative estimate of drug-likeness (QED) is 0.571. The van der Waals surface area contributed by atoms with Gasteiger partial charge in [-0.1, -0.05) is 23.7 Å². The van der Waals surface area contributed by atoms with Gasteiger partial charge in [-0.15, -0.1) is 0 Å². The fourth-order valence-electron chi connectivity index (χ4n) is 2.38. The molecular weight excluding hydrogens is 445 g/mol. The van der Waals surface area contributed by atoms with Gasteiger partial charge in [-0.25, -0.2) is 4.39 Å². The Morgan fingerprint density at radius 2 is 2.04 bits per heavy atom. The predicted molar refractivity (Wildman–Crippen MR) is 104 cm³/mol. The highest BCUT2D eigenvalue weighted by Gasteiger charge is 2.35. The second-order valence-electron chi connectivity index (χ2n) is 5.40. The minimum Gasteiger partial charge on any atom is -0.496 e. The van der Waals surface area contributed by atoms with Gasteiger partial charge in [0.1, 0.15) is 11.6 Å². The van der Waals surface area contributed by atoms with Crippen molar-refractivity contribution in [2.45, 2.75) is 6.54 Å². The summed E-state index contributed by atoms with van der Waals surface area (Å²) in [5.74, 6) is -0.216. The molecule has 2 amide bonds. The Morgan fingerprint density at radius 1 is 1.27 bits per heavy atom. The lowest BCUT2D eigenvalue weighted by Gasteiger charge is -2.13. The molecule has 1 heterocycles. The second-order valence-corrected chi connectivity index (χ2v) is 7.65. The van der Waals surface area contributed by atoms with Gasteiger partial charge in [-0.2, -0.15) is 0 Å². The summed E-state index contributed by atoms with van der Waals surface area (Å²) in [4.78, 5) is 26.2. The molecule has 3 rings (SSSR count). The standard InChI is InChI=1S/C18H12BrClFNO3S/c1-25-15-5-2-10(6-13(15)19)7-16-17(23)22(18(24)26-16)9-11-3-4-12(21)8-14(11)20/h2-8H,9H2,1H3/b16-7+. The Bertz CT molecular complexity index is 935. The molecule has 1 aliphatic heterocycles. The largest absolute Gasteiger partial charge is 0.496 e. The molecule has 0 N–H and O–H groups in total. The van der Waals surface area contributed by atoms with Crippen molar-refractivity contribution in [2.24, 2.45) is 0 Å². The monoisotopic (exact) mass is 455 g/mol. The number of imide groups is 1. The van der Waals surface area contributed by atoms with E-state index in [2.05, 4.69) is 15.9 Å². The van der Waals surface area contributed by atoms with Crippen molar-refractivity contribution in [1.82, 2.24) is 4.90 Å². The molecule has 0 atom stereocenters. The summed E-state index contributed by atoms with van der Waals surface area (Å²) in [6.45, 7) is -0.00652. The van der Waals surface area contributed by atoms with Crippen LogP contribution in [0.3, 0.4) is 0 Å². The van der Waals surface area contributed by atoms with Crippen LogP contribution in [0.5, 0.6) is 5.75 Å². The van der Waals surface area contributed by atoms with Crippen LogP contribution < -0.4 is 4.74 Å². The normalized spacial score (nSPS) is 15.8. The fourth-order valence-corrected chi connectivity index (χ4v) is 4.00. The summed E-state index contributed by atoms with van der Waals surface area (Å²) in [6, 6.07) is 9.20. The van der Waals surface area contributed by atoms with Gasteiger partial charge in [0, 0.05) is 5.02 Å². The summed E-state index contributed by atoms with van der Waals surface area (Å²) in [5, 5.41) is -0.221. The van der Waals surface area contributed by atoms with Gasteiger partial charge in [0.15, 0.2) is 0 Å². The highest BCUT2D eigenvalue weighted by atomic mass is 79.9. The van der Waals surface area contributed by atoms with E-state index >= 15 is 0 Å². The Hall–Kier alpha value is -1.83. The molecule has 2 aromatic carbocycles. The molecular formula is C18H12BrClFNO3S. The van der Waals surface area contributed by atoms with Crippen molar-refractivity contribution in [2.75, 3.05) is 7.11 Å². The molecule has 8 heteroatoms. The number of hydrogen-bond acceptors (Lipinski definition) is 4. The van der Waals surface area contributed by atoms with E-state index in [9.17, 15) is 14.0 Å². The van der Waals surface area contributed by atoms with Gasteiger partial charge < -0.3 is 4.74 Å². The molecule has 26 heavy (non-hydrogen) atoms. The highest BCUT2D eigenvalue weighted by Crippen LogP contribution is 2.35. The van der Waals surface area contributed by atoms with Crippen LogP contribution in [0, 0.1) is 5.82 Å². The molecule has 0 aromatic heterocycles. The van der Waals surface area contributed by atoms with Gasteiger partial charge in [-0.05, 0) is 69.2 Å². The maximum absolute atomic E-state index is 13.1. The van der Waals surface area contributed by atoms with Crippen LogP contribution in [0.1, 0.15) is 11.1 Å². The number of methoxy groups -OCH3 is 1. The van der Waals surface area contributed by atoms with E-state index in [4.69, 9.17) is 16.3 Å². The zero-order valence-corrected chi connectivity index (χ0v) is 16.6. The third-order valence-electron chi connectivity index (χ3n) is 3.69. The van der Waals surface area contributed by atoms with Crippen LogP contribution in [0.25, 0.3) is 6.08 Å². The summed E-state index contributed by atoms with van der Waals surface area (Å²) in [7, 11) is 1.56. The van der Waals surface area contributed by atoms with Crippen LogP contribution in [-0.2, 0) is 11.3 Å². The summed E-state index contributed by atoms with van der Waals surface area (Å²) >= 11 is 10.2. The number of nitrogens with zero attached hydrogens (tertiary/aromatic N) is 1. The van der Waals surface area contributed by atoms with Crippen LogP contribution in [0.4, 0.5) is 9.18 Å². The van der Waals surface area contributed by atoms with Crippen molar-refractivity contribution < 1.29 is 18.7 Å². The van der Waals surface area contributed by atoms with Gasteiger partial charge in [0.2, 0.25) is 0 Å². The maximum atomic E-state index is 13.1. The predicted octanol–water partition coefficient (Wildman–Crippen LogP) is 5.49. The number of thioether (sulfide) groups is 1. The van der Waals surface area contributed by atoms with Crippen LogP contribution >= 0.6 is 39.3 Å². The lowest BCUT2D eigenvalue weighted by Crippen LogP contribution is -2.27. The highest BCUT2D eigenvalue weighted by molar-refractivity contribution is 9.10. The third-order valence-corrected chi connectivity index (χ3v) is 5.57. The van der Waals surface area contributed by atoms with Crippen molar-refractivity contribution in [3.63, 3.8) is 0 Å². The van der Waals surface area contributed by atoms with E-state index in [0.717, 1.165) is 32.8 Å². The number of amides is 2. The molecule has 0 saturated carbocycles. The van der Waals surface area contributed by atoms with E-state index in [1.807, 2.05) is 0 Å². The van der Waals surface area contributed by atoms with Crippen LogP contribution in [0.15, 0.2) is 45.8 Å². The topological polar surface area (TPSA) is 46.6 Å². The average molecular weight is 457 g/mol. The van der Waals surface area contributed by atoms with E-state index in [1.165, 1.54) is 12.1 Å². The summed E-state index contributed by atoms with van der Waals surface area (Å²) in [5.41, 5.74) is 1.26. The zero-order chi connectivity index (χ0) is 18.8. The number of carbonyl (C=O) groups excluding carboxylic acids is 2. The number of benzene rings is 2. The van der Waals surface area contributed by atoms with E-state index in [0.29, 0.717) is 16.2 Å². The molecule has 1 saturated heterocycles. The minimum atomic E-state index is -0.474. The molecule has 0 aliphatic carbocycles. The lowest BCUT2D eigenvalue weighted by atomic mass is 10.2. The SMILES string of the molecule is COc1ccc(/C=C2/SC(=O)N(Cc3ccc(F)cc3Cl)C2=O)cc1Br. The lowest BCUT2D eigenvalue weighted by molar-refractivity contribution is -0.123. The first kappa shape index (κ1) is 18.9. The van der Waals surface area contributed by atoms with Gasteiger partial charge >= 0.3 is 0 Å². The van der Waals surface area contributed by atoms with Gasteiger partial charge in [-0.3, -0.25) is 14.5 Å². The Morgan fingerprint density at radius 3 is 2.69 bits per heavy atom. The number of hydrogen-bond donors (Lipinski definition) is 0. The number of carbonyl (C=O) groups is 2. The first-order valence-corrected chi connectivity index (χ1v) is 9.40. The first-order chi connectivity index (χ1) is 12.4. The molecule has 0 spiro atoms. The fraction of sp³-hybridized carbons (Fsp3) is 0.111. The summed E-state index contributed by atoms with van der Waals surface area (Å²) in [6.07, 6.45) is 1.64. The number of ether oxygens (including phenoxy) is 1. The molecule has 4 nitrogen and oxygen atoms in total. The van der Waals surface area contributed by atoms with Crippen LogP contribution in [-0.4, -0.2) is 23.2 Å². The molecule has 0 unspecified atom stereocenters. The van der Waals surface area contributed by atoms with Crippen LogP contribution in [0.2, 0.25) is 5.02 Å². The van der Waals surface area contributed by atoms with Gasteiger partial charge in [0.05, 0.1) is 23.0 Å². The minimum absolute atomic E-state index is 0.00652. The second kappa shape index (κ2) is 7.82. The van der Waals surface area contributed by atoms with Crippen molar-refractivity contribution in [3.05, 3.63) is 67.7 Å². The number of halogens is 3. The molecule has 0 radical (unpaired) electrons. The Labute approximate surface area is 167 Å². The third kappa shape index (κ3) is 3.95. The van der Waals surface area contributed by atoms with E-state index in [1.54, 1.807) is 31.4 Å². The van der Waals surface area contributed by atoms with Gasteiger partial charge in [0.25, 0.3) is 11.1 Å². The smallest absolute Gasteiger partial charge is 0.293 e. The summed E-state index contributed by atoms with van der Waals surface area (Å²) < 4.78 is 19.1. The maximum Gasteiger partial charge on any atom is 0.293 e. The van der Waals surface area contributed by atoms with Crippen molar-refractivity contribution in [1.29, 1.82) is 0 Å². The molecule has 2 aromatic rings.